The van der Waals surface area contributed by atoms with E-state index in [1.54, 1.807) is 12.1 Å². The van der Waals surface area contributed by atoms with Gasteiger partial charge in [0.1, 0.15) is 17.9 Å². The van der Waals surface area contributed by atoms with Crippen LogP contribution >= 0.6 is 0 Å². The molecule has 18 heavy (non-hydrogen) atoms. The van der Waals surface area contributed by atoms with Crippen molar-refractivity contribution in [2.24, 2.45) is 0 Å². The number of hydrogen-bond donors (Lipinski definition) is 1. The number of nitrogens with one attached hydrogen (secondary N) is 1. The number of anilines is 1. The molecule has 1 aromatic heterocycles. The lowest BCUT2D eigenvalue weighted by atomic mass is 10.3. The van der Waals surface area contributed by atoms with Crippen molar-refractivity contribution in [1.29, 1.82) is 0 Å². The second-order valence-corrected chi connectivity index (χ2v) is 5.06. The number of hydrogen-bond acceptors (Lipinski definition) is 5. The zero-order valence-corrected chi connectivity index (χ0v) is 10.4. The maximum absolute atomic E-state index is 12.0. The van der Waals surface area contributed by atoms with Crippen molar-refractivity contribution in [3.05, 3.63) is 42.9 Å². The molecular weight excluding hydrogens is 254 g/mol. The van der Waals surface area contributed by atoms with Gasteiger partial charge in [0.15, 0.2) is 0 Å². The van der Waals surface area contributed by atoms with Crippen LogP contribution in [0.2, 0.25) is 0 Å². The van der Waals surface area contributed by atoms with Crippen LogP contribution in [0.4, 0.5) is 5.82 Å². The zero-order chi connectivity index (χ0) is 13.0. The van der Waals surface area contributed by atoms with Gasteiger partial charge in [0.2, 0.25) is 0 Å². The molecule has 0 aliphatic carbocycles. The van der Waals surface area contributed by atoms with E-state index < -0.39 is 10.0 Å². The van der Waals surface area contributed by atoms with Crippen LogP contribution in [0.15, 0.2) is 47.8 Å². The summed E-state index contributed by atoms with van der Waals surface area (Å²) in [5, 5.41) is 0. The van der Waals surface area contributed by atoms with E-state index >= 15 is 0 Å². The minimum absolute atomic E-state index is 0.141. The van der Waals surface area contributed by atoms with Crippen LogP contribution in [-0.2, 0) is 10.0 Å². The van der Waals surface area contributed by atoms with Gasteiger partial charge in [-0.05, 0) is 30.3 Å². The minimum Gasteiger partial charge on any atom is -0.497 e. The average molecular weight is 265 g/mol. The number of nitrogens with zero attached hydrogens (tertiary/aromatic N) is 2. The number of ether oxygens (including phenoxy) is 1. The van der Waals surface area contributed by atoms with E-state index in [-0.39, 0.29) is 10.7 Å². The normalized spacial score (nSPS) is 10.9. The van der Waals surface area contributed by atoms with Crippen LogP contribution in [0.5, 0.6) is 5.75 Å². The van der Waals surface area contributed by atoms with E-state index in [1.165, 1.54) is 37.8 Å². The first kappa shape index (κ1) is 12.3. The van der Waals surface area contributed by atoms with Crippen LogP contribution in [0.3, 0.4) is 0 Å². The molecule has 0 spiro atoms. The fourth-order valence-corrected chi connectivity index (χ4v) is 2.31. The fraction of sp³-hybridized carbons (Fsp3) is 0.0909. The molecule has 2 aromatic rings. The summed E-state index contributed by atoms with van der Waals surface area (Å²) >= 11 is 0. The lowest BCUT2D eigenvalue weighted by molar-refractivity contribution is 0.414. The van der Waals surface area contributed by atoms with Gasteiger partial charge in [0, 0.05) is 6.20 Å². The van der Waals surface area contributed by atoms with Gasteiger partial charge in [-0.3, -0.25) is 4.72 Å². The Kier molecular flexibility index (Phi) is 3.42. The SMILES string of the molecule is COc1ccc(S(=O)(=O)Nc2ccncn2)cc1. The Hall–Kier alpha value is -2.15. The summed E-state index contributed by atoms with van der Waals surface area (Å²) in [5.74, 6) is 0.816. The monoisotopic (exact) mass is 265 g/mol. The molecule has 1 N–H and O–H groups in total. The Labute approximate surface area is 105 Å². The lowest BCUT2D eigenvalue weighted by Gasteiger charge is -2.07. The molecular formula is C11H11N3O3S. The largest absolute Gasteiger partial charge is 0.497 e. The van der Waals surface area contributed by atoms with Crippen molar-refractivity contribution in [3.63, 3.8) is 0 Å². The van der Waals surface area contributed by atoms with Crippen molar-refractivity contribution < 1.29 is 13.2 Å². The second kappa shape index (κ2) is 5.01. The third-order valence-electron chi connectivity index (χ3n) is 2.19. The fourth-order valence-electron chi connectivity index (χ4n) is 1.30. The smallest absolute Gasteiger partial charge is 0.263 e. The highest BCUT2D eigenvalue weighted by atomic mass is 32.2. The second-order valence-electron chi connectivity index (χ2n) is 3.38. The van der Waals surface area contributed by atoms with Crippen LogP contribution in [0.1, 0.15) is 0 Å². The van der Waals surface area contributed by atoms with E-state index in [4.69, 9.17) is 4.74 Å². The quantitative estimate of drug-likeness (QED) is 0.900. The summed E-state index contributed by atoms with van der Waals surface area (Å²) in [4.78, 5) is 7.65. The van der Waals surface area contributed by atoms with Gasteiger partial charge in [-0.2, -0.15) is 0 Å². The molecule has 7 heteroatoms. The van der Waals surface area contributed by atoms with Crippen LogP contribution < -0.4 is 9.46 Å². The molecule has 0 bridgehead atoms. The Morgan fingerprint density at radius 1 is 1.17 bits per heavy atom. The van der Waals surface area contributed by atoms with Gasteiger partial charge >= 0.3 is 0 Å². The summed E-state index contributed by atoms with van der Waals surface area (Å²) in [5.41, 5.74) is 0. The number of methoxy groups -OCH3 is 1. The van der Waals surface area contributed by atoms with E-state index in [0.29, 0.717) is 5.75 Å². The molecule has 0 atom stereocenters. The number of aromatic nitrogens is 2. The van der Waals surface area contributed by atoms with E-state index in [2.05, 4.69) is 14.7 Å². The zero-order valence-electron chi connectivity index (χ0n) is 9.57. The van der Waals surface area contributed by atoms with Gasteiger partial charge in [-0.25, -0.2) is 18.4 Å². The summed E-state index contributed by atoms with van der Waals surface area (Å²) < 4.78 is 31.3. The van der Waals surface area contributed by atoms with Crippen molar-refractivity contribution in [1.82, 2.24) is 9.97 Å². The highest BCUT2D eigenvalue weighted by molar-refractivity contribution is 7.92. The first-order chi connectivity index (χ1) is 8.62. The third kappa shape index (κ3) is 2.75. The van der Waals surface area contributed by atoms with Crippen molar-refractivity contribution in [2.75, 3.05) is 11.8 Å². The summed E-state index contributed by atoms with van der Waals surface area (Å²) in [6.45, 7) is 0. The van der Waals surface area contributed by atoms with E-state index in [9.17, 15) is 8.42 Å². The van der Waals surface area contributed by atoms with Crippen LogP contribution in [-0.4, -0.2) is 25.5 Å². The van der Waals surface area contributed by atoms with Gasteiger partial charge in [0.25, 0.3) is 10.0 Å². The van der Waals surface area contributed by atoms with Gasteiger partial charge in [-0.15, -0.1) is 0 Å². The van der Waals surface area contributed by atoms with Gasteiger partial charge in [-0.1, -0.05) is 0 Å². The highest BCUT2D eigenvalue weighted by Gasteiger charge is 2.14. The molecule has 0 aliphatic heterocycles. The van der Waals surface area contributed by atoms with Crippen molar-refractivity contribution in [2.45, 2.75) is 4.90 Å². The maximum atomic E-state index is 12.0. The van der Waals surface area contributed by atoms with Crippen molar-refractivity contribution in [3.8, 4) is 5.75 Å². The van der Waals surface area contributed by atoms with Crippen LogP contribution in [0, 0.1) is 0 Å². The topological polar surface area (TPSA) is 81.2 Å². The average Bonchev–Trinajstić information content (AvgIpc) is 2.39. The lowest BCUT2D eigenvalue weighted by Crippen LogP contribution is -2.13. The molecule has 1 heterocycles. The summed E-state index contributed by atoms with van der Waals surface area (Å²) in [7, 11) is -2.12. The molecule has 0 radical (unpaired) electrons. The molecule has 0 unspecified atom stereocenters. The molecule has 0 saturated heterocycles. The van der Waals surface area contributed by atoms with Crippen LogP contribution in [0.25, 0.3) is 0 Å². The van der Waals surface area contributed by atoms with Crippen molar-refractivity contribution >= 4 is 15.8 Å². The third-order valence-corrected chi connectivity index (χ3v) is 3.56. The molecule has 94 valence electrons. The highest BCUT2D eigenvalue weighted by Crippen LogP contribution is 2.17. The van der Waals surface area contributed by atoms with Gasteiger partial charge in [0.05, 0.1) is 12.0 Å². The molecule has 1 aromatic carbocycles. The molecule has 0 fully saturated rings. The Bertz CT molecular complexity index is 612. The maximum Gasteiger partial charge on any atom is 0.263 e. The Morgan fingerprint density at radius 3 is 2.44 bits per heavy atom. The molecule has 0 saturated carbocycles. The molecule has 0 amide bonds. The molecule has 0 aliphatic rings. The van der Waals surface area contributed by atoms with E-state index in [0.717, 1.165) is 0 Å². The standard InChI is InChI=1S/C11H11N3O3S/c1-17-9-2-4-10(5-3-9)18(15,16)14-11-6-7-12-8-13-11/h2-8H,1H3,(H,12,13,14). The van der Waals surface area contributed by atoms with Gasteiger partial charge < -0.3 is 4.74 Å². The Balaban J connectivity index is 2.25. The number of rotatable bonds is 4. The first-order valence-electron chi connectivity index (χ1n) is 5.05. The molecule has 2 rings (SSSR count). The van der Waals surface area contributed by atoms with E-state index in [1.807, 2.05) is 0 Å². The number of sulfonamides is 1. The first-order valence-corrected chi connectivity index (χ1v) is 6.53. The predicted molar refractivity (Wildman–Crippen MR) is 65.8 cm³/mol. The number of benzene rings is 1. The summed E-state index contributed by atoms with van der Waals surface area (Å²) in [6.07, 6.45) is 2.73. The Morgan fingerprint density at radius 2 is 1.89 bits per heavy atom. The minimum atomic E-state index is -3.63. The molecule has 6 nitrogen and oxygen atoms in total. The summed E-state index contributed by atoms with van der Waals surface area (Å²) in [6, 6.07) is 7.55. The predicted octanol–water partition coefficient (Wildman–Crippen LogP) is 1.29.